The number of hydrogen-bond donors (Lipinski definition) is 1. The van der Waals surface area contributed by atoms with Crippen LogP contribution in [0.25, 0.3) is 6.08 Å². The second-order valence-corrected chi connectivity index (χ2v) is 6.75. The number of aliphatic carboxylic acids is 1. The SMILES string of the molecule is C[C@@]1(/C=C/c2ccccn2)S[C@@H]2CC(=O)N2[C@H]1C(=O)O. The van der Waals surface area contributed by atoms with Crippen LogP contribution in [-0.4, -0.2) is 43.0 Å². The maximum atomic E-state index is 11.6. The number of nitrogens with zero attached hydrogens (tertiary/aromatic N) is 2. The Kier molecular flexibility index (Phi) is 3.05. The average Bonchev–Trinajstić information content (AvgIpc) is 2.66. The second-order valence-electron chi connectivity index (χ2n) is 5.09. The van der Waals surface area contributed by atoms with Crippen LogP contribution >= 0.6 is 11.8 Å². The third-order valence-electron chi connectivity index (χ3n) is 3.67. The molecule has 104 valence electrons. The average molecular weight is 290 g/mol. The van der Waals surface area contributed by atoms with E-state index in [0.29, 0.717) is 6.42 Å². The van der Waals surface area contributed by atoms with E-state index in [4.69, 9.17) is 0 Å². The van der Waals surface area contributed by atoms with E-state index in [9.17, 15) is 14.7 Å². The molecule has 0 unspecified atom stereocenters. The molecule has 0 bridgehead atoms. The standard InChI is InChI=1S/C14H14N2O3S/c1-14(6-5-9-4-2-3-7-15-9)12(13(18)19)16-10(17)8-11(16)20-14/h2-7,11-12H,8H2,1H3,(H,18,19)/b6-5+/t11-,12+,14+/m1/s1. The summed E-state index contributed by atoms with van der Waals surface area (Å²) >= 11 is 1.53. The van der Waals surface area contributed by atoms with Gasteiger partial charge in [0.1, 0.15) is 6.04 Å². The number of rotatable bonds is 3. The Bertz CT molecular complexity index is 589. The molecule has 0 radical (unpaired) electrons. The number of aromatic nitrogens is 1. The van der Waals surface area contributed by atoms with Crippen molar-refractivity contribution < 1.29 is 14.7 Å². The molecular weight excluding hydrogens is 276 g/mol. The highest BCUT2D eigenvalue weighted by Gasteiger charge is 2.59. The zero-order valence-electron chi connectivity index (χ0n) is 10.9. The first-order valence-electron chi connectivity index (χ1n) is 6.33. The third-order valence-corrected chi connectivity index (χ3v) is 5.20. The molecule has 2 aliphatic heterocycles. The summed E-state index contributed by atoms with van der Waals surface area (Å²) in [7, 11) is 0. The maximum Gasteiger partial charge on any atom is 0.328 e. The number of carboxylic acids is 1. The Hall–Kier alpha value is -1.82. The van der Waals surface area contributed by atoms with Crippen LogP contribution in [0.2, 0.25) is 0 Å². The van der Waals surface area contributed by atoms with Crippen LogP contribution in [-0.2, 0) is 9.59 Å². The van der Waals surface area contributed by atoms with Gasteiger partial charge in [-0.25, -0.2) is 4.79 Å². The number of amides is 1. The summed E-state index contributed by atoms with van der Waals surface area (Å²) in [6.45, 7) is 1.86. The molecule has 0 aliphatic carbocycles. The topological polar surface area (TPSA) is 70.5 Å². The number of pyridine rings is 1. The molecule has 6 heteroatoms. The van der Waals surface area contributed by atoms with Crippen molar-refractivity contribution in [3.63, 3.8) is 0 Å². The minimum Gasteiger partial charge on any atom is -0.480 e. The predicted octanol–water partition coefficient (Wildman–Crippen LogP) is 1.61. The summed E-state index contributed by atoms with van der Waals surface area (Å²) in [5.74, 6) is -1.04. The first-order chi connectivity index (χ1) is 9.51. The molecular formula is C14H14N2O3S. The number of carbonyl (C=O) groups excluding carboxylic acids is 1. The molecule has 0 spiro atoms. The van der Waals surface area contributed by atoms with Crippen molar-refractivity contribution in [1.82, 2.24) is 9.88 Å². The van der Waals surface area contributed by atoms with E-state index in [1.165, 1.54) is 16.7 Å². The predicted molar refractivity (Wildman–Crippen MR) is 75.9 cm³/mol. The van der Waals surface area contributed by atoms with E-state index in [1.807, 2.05) is 37.3 Å². The third kappa shape index (κ3) is 2.00. The van der Waals surface area contributed by atoms with Crippen molar-refractivity contribution in [2.75, 3.05) is 0 Å². The zero-order chi connectivity index (χ0) is 14.3. The van der Waals surface area contributed by atoms with Crippen LogP contribution < -0.4 is 0 Å². The number of β-lactam (4-membered cyclic amide) rings is 1. The summed E-state index contributed by atoms with van der Waals surface area (Å²) < 4.78 is -0.625. The van der Waals surface area contributed by atoms with Gasteiger partial charge in [-0.2, -0.15) is 0 Å². The van der Waals surface area contributed by atoms with Crippen LogP contribution in [0.3, 0.4) is 0 Å². The van der Waals surface area contributed by atoms with Gasteiger partial charge in [0.2, 0.25) is 5.91 Å². The smallest absolute Gasteiger partial charge is 0.328 e. The van der Waals surface area contributed by atoms with E-state index < -0.39 is 16.8 Å². The monoisotopic (exact) mass is 290 g/mol. The quantitative estimate of drug-likeness (QED) is 0.856. The molecule has 2 aliphatic rings. The highest BCUT2D eigenvalue weighted by molar-refractivity contribution is 8.01. The molecule has 2 fully saturated rings. The number of carbonyl (C=O) groups is 2. The fourth-order valence-electron chi connectivity index (χ4n) is 2.66. The number of thioether (sulfide) groups is 1. The van der Waals surface area contributed by atoms with Gasteiger partial charge in [-0.1, -0.05) is 12.1 Å². The summed E-state index contributed by atoms with van der Waals surface area (Å²) in [4.78, 5) is 28.8. The molecule has 20 heavy (non-hydrogen) atoms. The van der Waals surface area contributed by atoms with E-state index in [2.05, 4.69) is 4.98 Å². The molecule has 1 N–H and O–H groups in total. The van der Waals surface area contributed by atoms with Crippen LogP contribution in [0.5, 0.6) is 0 Å². The van der Waals surface area contributed by atoms with Gasteiger partial charge in [0, 0.05) is 6.20 Å². The van der Waals surface area contributed by atoms with Crippen molar-refractivity contribution in [2.45, 2.75) is 29.5 Å². The number of hydrogen-bond acceptors (Lipinski definition) is 4. The molecule has 3 heterocycles. The van der Waals surface area contributed by atoms with Gasteiger partial charge in [-0.3, -0.25) is 9.78 Å². The highest BCUT2D eigenvalue weighted by Crippen LogP contribution is 2.51. The minimum absolute atomic E-state index is 0.0121. The van der Waals surface area contributed by atoms with Crippen molar-refractivity contribution in [3.8, 4) is 0 Å². The lowest BCUT2D eigenvalue weighted by Crippen LogP contribution is -2.57. The van der Waals surface area contributed by atoms with Crippen LogP contribution in [0, 0.1) is 0 Å². The molecule has 2 saturated heterocycles. The normalized spacial score (nSPS) is 32.2. The van der Waals surface area contributed by atoms with Crippen LogP contribution in [0.4, 0.5) is 0 Å². The number of carboxylic acid groups (broad SMARTS) is 1. The van der Waals surface area contributed by atoms with Crippen molar-refractivity contribution in [3.05, 3.63) is 36.2 Å². The molecule has 5 nitrogen and oxygen atoms in total. The Morgan fingerprint density at radius 3 is 3.00 bits per heavy atom. The summed E-state index contributed by atoms with van der Waals surface area (Å²) in [6.07, 6.45) is 5.79. The van der Waals surface area contributed by atoms with Crippen molar-refractivity contribution in [1.29, 1.82) is 0 Å². The fourth-order valence-corrected chi connectivity index (χ4v) is 4.32. The Morgan fingerprint density at radius 2 is 2.40 bits per heavy atom. The van der Waals surface area contributed by atoms with E-state index >= 15 is 0 Å². The molecule has 1 aromatic rings. The first-order valence-corrected chi connectivity index (χ1v) is 7.21. The molecule has 0 aromatic carbocycles. The summed E-state index contributed by atoms with van der Waals surface area (Å²) in [6, 6.07) is 4.75. The molecule has 0 saturated carbocycles. The fraction of sp³-hybridized carbons (Fsp3) is 0.357. The second kappa shape index (κ2) is 4.63. The summed E-state index contributed by atoms with van der Waals surface area (Å²) in [5, 5.41) is 9.42. The van der Waals surface area contributed by atoms with Gasteiger partial charge in [0.05, 0.1) is 22.2 Å². The lowest BCUT2D eigenvalue weighted by Gasteiger charge is -2.36. The Balaban J connectivity index is 1.88. The van der Waals surface area contributed by atoms with Gasteiger partial charge >= 0.3 is 5.97 Å². The van der Waals surface area contributed by atoms with E-state index in [1.54, 1.807) is 6.20 Å². The van der Waals surface area contributed by atoms with Crippen molar-refractivity contribution in [2.24, 2.45) is 0 Å². The van der Waals surface area contributed by atoms with E-state index in [-0.39, 0.29) is 11.3 Å². The maximum absolute atomic E-state index is 11.6. The van der Waals surface area contributed by atoms with Crippen molar-refractivity contribution >= 4 is 29.7 Å². The van der Waals surface area contributed by atoms with Gasteiger partial charge in [-0.15, -0.1) is 11.8 Å². The molecule has 3 atom stereocenters. The van der Waals surface area contributed by atoms with Gasteiger partial charge in [0.25, 0.3) is 0 Å². The highest BCUT2D eigenvalue weighted by atomic mass is 32.2. The summed E-state index contributed by atoms with van der Waals surface area (Å²) in [5.41, 5.74) is 0.777. The Morgan fingerprint density at radius 1 is 1.60 bits per heavy atom. The van der Waals surface area contributed by atoms with Crippen LogP contribution in [0.15, 0.2) is 30.5 Å². The molecule has 1 aromatic heterocycles. The lowest BCUT2D eigenvalue weighted by atomic mass is 9.95. The Labute approximate surface area is 120 Å². The van der Waals surface area contributed by atoms with Gasteiger partial charge in [-0.05, 0) is 25.1 Å². The minimum atomic E-state index is -0.957. The van der Waals surface area contributed by atoms with E-state index in [0.717, 1.165) is 5.69 Å². The largest absolute Gasteiger partial charge is 0.480 e. The zero-order valence-corrected chi connectivity index (χ0v) is 11.7. The van der Waals surface area contributed by atoms with Gasteiger partial charge < -0.3 is 10.0 Å². The first kappa shape index (κ1) is 13.2. The molecule has 3 rings (SSSR count). The van der Waals surface area contributed by atoms with Gasteiger partial charge in [0.15, 0.2) is 0 Å². The van der Waals surface area contributed by atoms with Crippen LogP contribution in [0.1, 0.15) is 19.0 Å². The molecule has 1 amide bonds. The lowest BCUT2D eigenvalue weighted by molar-refractivity contribution is -0.156. The number of fused-ring (bicyclic) bond motifs is 1.